The highest BCUT2D eigenvalue weighted by Gasteiger charge is 2.51. The Morgan fingerprint density at radius 3 is 3.20 bits per heavy atom. The van der Waals surface area contributed by atoms with Gasteiger partial charge >= 0.3 is 6.01 Å². The molecule has 1 fully saturated rings. The van der Waals surface area contributed by atoms with Crippen LogP contribution in [-0.2, 0) is 4.74 Å². The second-order valence-electron chi connectivity index (χ2n) is 4.45. The first-order valence-corrected chi connectivity index (χ1v) is 7.64. The zero-order valence-corrected chi connectivity index (χ0v) is 12.2. The first-order chi connectivity index (χ1) is 9.63. The SMILES string of the molecule is CSC(=S)N[C@H]1[C@@H]2Oc3nc(=O)ccn3[C@@H]2O[C@@H]1CO. The Bertz CT molecular complexity index is 593. The van der Waals surface area contributed by atoms with Gasteiger partial charge in [0, 0.05) is 12.3 Å². The first-order valence-electron chi connectivity index (χ1n) is 6.00. The van der Waals surface area contributed by atoms with Crippen LogP contribution in [0.15, 0.2) is 17.1 Å². The molecule has 0 spiro atoms. The number of hydrogen-bond acceptors (Lipinski definition) is 7. The highest BCUT2D eigenvalue weighted by Crippen LogP contribution is 2.38. The molecule has 1 aromatic heterocycles. The summed E-state index contributed by atoms with van der Waals surface area (Å²) in [5, 5.41) is 12.5. The van der Waals surface area contributed by atoms with Crippen LogP contribution >= 0.6 is 24.0 Å². The second kappa shape index (κ2) is 5.32. The highest BCUT2D eigenvalue weighted by molar-refractivity contribution is 8.22. The Hall–Kier alpha value is -1.16. The summed E-state index contributed by atoms with van der Waals surface area (Å²) in [7, 11) is 0. The minimum atomic E-state index is -0.428. The van der Waals surface area contributed by atoms with Crippen molar-refractivity contribution < 1.29 is 14.6 Å². The van der Waals surface area contributed by atoms with Crippen LogP contribution in [0.25, 0.3) is 0 Å². The van der Waals surface area contributed by atoms with Crippen molar-refractivity contribution in [1.82, 2.24) is 14.9 Å². The molecule has 3 rings (SSSR count). The average Bonchev–Trinajstić information content (AvgIpc) is 2.94. The van der Waals surface area contributed by atoms with Crippen molar-refractivity contribution in [2.24, 2.45) is 0 Å². The number of aromatic nitrogens is 2. The van der Waals surface area contributed by atoms with Crippen LogP contribution < -0.4 is 15.6 Å². The van der Waals surface area contributed by atoms with Crippen molar-refractivity contribution in [3.8, 4) is 6.01 Å². The normalized spacial score (nSPS) is 30.5. The molecule has 1 saturated heterocycles. The lowest BCUT2D eigenvalue weighted by Crippen LogP contribution is -2.48. The molecule has 20 heavy (non-hydrogen) atoms. The Morgan fingerprint density at radius 2 is 2.50 bits per heavy atom. The molecule has 2 N–H and O–H groups in total. The number of nitrogens with zero attached hydrogens (tertiary/aromatic N) is 2. The molecule has 2 aliphatic heterocycles. The van der Waals surface area contributed by atoms with Crippen LogP contribution in [0.1, 0.15) is 6.23 Å². The molecule has 9 heteroatoms. The Kier molecular flexibility index (Phi) is 3.67. The number of rotatable bonds is 2. The quantitative estimate of drug-likeness (QED) is 0.707. The van der Waals surface area contributed by atoms with Crippen molar-refractivity contribution >= 4 is 28.3 Å². The Morgan fingerprint density at radius 1 is 1.70 bits per heavy atom. The van der Waals surface area contributed by atoms with Gasteiger partial charge in [-0.25, -0.2) is 0 Å². The van der Waals surface area contributed by atoms with E-state index in [0.717, 1.165) is 0 Å². The van der Waals surface area contributed by atoms with E-state index in [1.54, 1.807) is 10.8 Å². The van der Waals surface area contributed by atoms with Gasteiger partial charge < -0.3 is 19.9 Å². The van der Waals surface area contributed by atoms with Crippen molar-refractivity contribution in [1.29, 1.82) is 0 Å². The third-order valence-corrected chi connectivity index (χ3v) is 4.43. The van der Waals surface area contributed by atoms with E-state index in [1.807, 2.05) is 6.26 Å². The summed E-state index contributed by atoms with van der Waals surface area (Å²) in [6.07, 6.45) is 2.21. The van der Waals surface area contributed by atoms with Gasteiger partial charge in [0.1, 0.15) is 10.4 Å². The monoisotopic (exact) mass is 315 g/mol. The largest absolute Gasteiger partial charge is 0.454 e. The van der Waals surface area contributed by atoms with E-state index in [9.17, 15) is 9.90 Å². The molecule has 0 bridgehead atoms. The maximum atomic E-state index is 11.2. The van der Waals surface area contributed by atoms with E-state index in [0.29, 0.717) is 4.32 Å². The van der Waals surface area contributed by atoms with Crippen molar-refractivity contribution in [2.45, 2.75) is 24.5 Å². The van der Waals surface area contributed by atoms with Crippen molar-refractivity contribution in [2.75, 3.05) is 12.9 Å². The van der Waals surface area contributed by atoms with E-state index < -0.39 is 12.3 Å². The van der Waals surface area contributed by atoms with Crippen LogP contribution in [0.5, 0.6) is 6.01 Å². The Labute approximate surface area is 124 Å². The summed E-state index contributed by atoms with van der Waals surface area (Å²) in [5.74, 6) is 0. The number of ether oxygens (including phenoxy) is 2. The van der Waals surface area contributed by atoms with Crippen molar-refractivity contribution in [3.63, 3.8) is 0 Å². The molecule has 0 saturated carbocycles. The van der Waals surface area contributed by atoms with Crippen LogP contribution in [0.2, 0.25) is 0 Å². The average molecular weight is 315 g/mol. The molecule has 7 nitrogen and oxygen atoms in total. The predicted octanol–water partition coefficient (Wildman–Crippen LogP) is -0.500. The third kappa shape index (κ3) is 2.20. The fraction of sp³-hybridized carbons (Fsp3) is 0.545. The number of aliphatic hydroxyl groups excluding tert-OH is 1. The number of thioether (sulfide) groups is 1. The molecule has 0 aliphatic carbocycles. The van der Waals surface area contributed by atoms with Crippen LogP contribution in [0.3, 0.4) is 0 Å². The lowest BCUT2D eigenvalue weighted by atomic mass is 10.1. The number of fused-ring (bicyclic) bond motifs is 3. The van der Waals surface area contributed by atoms with Gasteiger partial charge in [0.2, 0.25) is 0 Å². The van der Waals surface area contributed by atoms with Gasteiger partial charge in [0.05, 0.1) is 12.6 Å². The van der Waals surface area contributed by atoms with E-state index in [4.69, 9.17) is 21.7 Å². The minimum Gasteiger partial charge on any atom is -0.454 e. The van der Waals surface area contributed by atoms with Gasteiger partial charge in [-0.2, -0.15) is 4.98 Å². The smallest absolute Gasteiger partial charge is 0.302 e. The zero-order valence-electron chi connectivity index (χ0n) is 10.6. The maximum absolute atomic E-state index is 11.2. The van der Waals surface area contributed by atoms with Gasteiger partial charge in [0.15, 0.2) is 12.3 Å². The number of nitrogens with one attached hydrogen (secondary N) is 1. The molecule has 4 atom stereocenters. The van der Waals surface area contributed by atoms with Gasteiger partial charge in [-0.15, -0.1) is 11.8 Å². The van der Waals surface area contributed by atoms with Crippen LogP contribution in [-0.4, -0.2) is 50.1 Å². The molecule has 0 radical (unpaired) electrons. The lowest BCUT2D eigenvalue weighted by molar-refractivity contribution is -0.0276. The molecule has 2 aliphatic rings. The summed E-state index contributed by atoms with van der Waals surface area (Å²) in [4.78, 5) is 15.0. The number of hydrogen-bond donors (Lipinski definition) is 2. The standard InChI is InChI=1S/C11H13N3O4S2/c1-20-11(19)13-7-5(4-15)17-9-8(7)18-10-12-6(16)2-3-14(9)10/h2-3,5,7-9,15H,4H2,1H3,(H,13,19)/t5-,7-,8+,9-/m1/s1. The number of aliphatic hydroxyl groups is 1. The Balaban J connectivity index is 1.88. The van der Waals surface area contributed by atoms with Crippen molar-refractivity contribution in [3.05, 3.63) is 22.6 Å². The summed E-state index contributed by atoms with van der Waals surface area (Å²) in [6, 6.07) is 1.28. The van der Waals surface area contributed by atoms with Crippen LogP contribution in [0.4, 0.5) is 0 Å². The lowest BCUT2D eigenvalue weighted by Gasteiger charge is -2.22. The number of thiocarbonyl (C=S) groups is 1. The summed E-state index contributed by atoms with van der Waals surface area (Å²) < 4.78 is 13.7. The molecule has 0 aromatic carbocycles. The summed E-state index contributed by atoms with van der Waals surface area (Å²) in [5.41, 5.74) is -0.362. The van der Waals surface area contributed by atoms with E-state index in [2.05, 4.69) is 10.3 Å². The van der Waals surface area contributed by atoms with Gasteiger partial charge in [-0.3, -0.25) is 9.36 Å². The molecular weight excluding hydrogens is 302 g/mol. The minimum absolute atomic E-state index is 0.145. The fourth-order valence-corrected chi connectivity index (χ4v) is 2.80. The van der Waals surface area contributed by atoms with Gasteiger partial charge in [-0.1, -0.05) is 12.2 Å². The summed E-state index contributed by atoms with van der Waals surface area (Å²) >= 11 is 6.55. The topological polar surface area (TPSA) is 85.6 Å². The molecule has 108 valence electrons. The molecule has 3 heterocycles. The predicted molar refractivity (Wildman–Crippen MR) is 76.9 cm³/mol. The van der Waals surface area contributed by atoms with E-state index in [-0.39, 0.29) is 30.3 Å². The first kappa shape index (κ1) is 13.8. The molecule has 1 aromatic rings. The fourth-order valence-electron chi connectivity index (χ4n) is 2.41. The van der Waals surface area contributed by atoms with Crippen LogP contribution in [0, 0.1) is 0 Å². The molecule has 0 unspecified atom stereocenters. The maximum Gasteiger partial charge on any atom is 0.302 e. The van der Waals surface area contributed by atoms with Gasteiger partial charge in [-0.05, 0) is 6.26 Å². The van der Waals surface area contributed by atoms with Gasteiger partial charge in [0.25, 0.3) is 5.56 Å². The third-order valence-electron chi connectivity index (χ3n) is 3.32. The summed E-state index contributed by atoms with van der Waals surface area (Å²) in [6.45, 7) is -0.145. The molecular formula is C11H13N3O4S2. The second-order valence-corrected chi connectivity index (χ2v) is 5.93. The zero-order chi connectivity index (χ0) is 14.3. The highest BCUT2D eigenvalue weighted by atomic mass is 32.2. The van der Waals surface area contributed by atoms with E-state index >= 15 is 0 Å². The molecule has 0 amide bonds. The van der Waals surface area contributed by atoms with E-state index in [1.165, 1.54) is 17.8 Å².